The number of amides is 1. The molecule has 0 atom stereocenters. The molecule has 2 heterocycles. The van der Waals surface area contributed by atoms with Crippen LogP contribution in [0.2, 0.25) is 0 Å². The third kappa shape index (κ3) is 2.84. The van der Waals surface area contributed by atoms with Crippen LogP contribution in [0, 0.1) is 13.8 Å². The summed E-state index contributed by atoms with van der Waals surface area (Å²) in [6.45, 7) is 5.54. The van der Waals surface area contributed by atoms with E-state index in [1.165, 1.54) is 0 Å². The molecule has 3 aromatic rings. The highest BCUT2D eigenvalue weighted by atomic mass is 16.2. The Hall–Kier alpha value is -2.88. The van der Waals surface area contributed by atoms with Crippen LogP contribution in [0.4, 0.5) is 0 Å². The molecule has 25 heavy (non-hydrogen) atoms. The SMILES string of the molecule is Cc1cccc(C(=O)N2CC(n3c(C)cnc3-c3ccccc3)C2)c1. The van der Waals surface area contributed by atoms with Gasteiger partial charge in [0.05, 0.1) is 6.04 Å². The Morgan fingerprint density at radius 2 is 1.80 bits per heavy atom. The van der Waals surface area contributed by atoms with Crippen molar-refractivity contribution in [3.05, 3.63) is 77.6 Å². The molecule has 0 N–H and O–H groups in total. The second kappa shape index (κ2) is 6.20. The fourth-order valence-corrected chi connectivity index (χ4v) is 3.45. The first-order valence-corrected chi connectivity index (χ1v) is 8.58. The Bertz CT molecular complexity index is 908. The smallest absolute Gasteiger partial charge is 0.254 e. The van der Waals surface area contributed by atoms with Gasteiger partial charge < -0.3 is 9.47 Å². The molecule has 0 spiro atoms. The van der Waals surface area contributed by atoms with E-state index in [4.69, 9.17) is 0 Å². The van der Waals surface area contributed by atoms with Gasteiger partial charge in [0.15, 0.2) is 0 Å². The number of nitrogens with zero attached hydrogens (tertiary/aromatic N) is 3. The maximum absolute atomic E-state index is 12.6. The molecule has 126 valence electrons. The molecule has 1 aliphatic heterocycles. The minimum Gasteiger partial charge on any atom is -0.334 e. The van der Waals surface area contributed by atoms with Gasteiger partial charge in [-0.1, -0.05) is 48.0 Å². The number of hydrogen-bond donors (Lipinski definition) is 0. The molecular formula is C21H21N3O. The van der Waals surface area contributed by atoms with E-state index in [-0.39, 0.29) is 11.9 Å². The van der Waals surface area contributed by atoms with E-state index in [0.717, 1.165) is 41.3 Å². The summed E-state index contributed by atoms with van der Waals surface area (Å²) >= 11 is 0. The maximum atomic E-state index is 12.6. The zero-order chi connectivity index (χ0) is 17.4. The Morgan fingerprint density at radius 1 is 1.04 bits per heavy atom. The summed E-state index contributed by atoms with van der Waals surface area (Å²) in [6.07, 6.45) is 1.91. The van der Waals surface area contributed by atoms with E-state index in [9.17, 15) is 4.79 Å². The Morgan fingerprint density at radius 3 is 2.52 bits per heavy atom. The van der Waals surface area contributed by atoms with Gasteiger partial charge in [-0.25, -0.2) is 4.98 Å². The minimum atomic E-state index is 0.110. The molecule has 4 heteroatoms. The highest BCUT2D eigenvalue weighted by molar-refractivity contribution is 5.95. The summed E-state index contributed by atoms with van der Waals surface area (Å²) in [7, 11) is 0. The van der Waals surface area contributed by atoms with Crippen molar-refractivity contribution in [2.45, 2.75) is 19.9 Å². The van der Waals surface area contributed by atoms with Gasteiger partial charge in [0.25, 0.3) is 5.91 Å². The molecular weight excluding hydrogens is 310 g/mol. The first-order valence-electron chi connectivity index (χ1n) is 8.58. The molecule has 4 rings (SSSR count). The first-order chi connectivity index (χ1) is 12.1. The zero-order valence-electron chi connectivity index (χ0n) is 14.5. The molecule has 0 radical (unpaired) electrons. The number of likely N-dealkylation sites (tertiary alicyclic amines) is 1. The fraction of sp³-hybridized carbons (Fsp3) is 0.238. The summed E-state index contributed by atoms with van der Waals surface area (Å²) in [5.74, 6) is 1.09. The lowest BCUT2D eigenvalue weighted by Crippen LogP contribution is -2.51. The van der Waals surface area contributed by atoms with Gasteiger partial charge in [-0.2, -0.15) is 0 Å². The monoisotopic (exact) mass is 331 g/mol. The topological polar surface area (TPSA) is 38.1 Å². The van der Waals surface area contributed by atoms with Crippen LogP contribution in [0.5, 0.6) is 0 Å². The summed E-state index contributed by atoms with van der Waals surface area (Å²) < 4.78 is 2.26. The van der Waals surface area contributed by atoms with E-state index in [1.54, 1.807) is 0 Å². The second-order valence-corrected chi connectivity index (χ2v) is 6.69. The molecule has 0 unspecified atom stereocenters. The van der Waals surface area contributed by atoms with Crippen LogP contribution in [0.15, 0.2) is 60.8 Å². The quantitative estimate of drug-likeness (QED) is 0.731. The van der Waals surface area contributed by atoms with Crippen LogP contribution in [-0.4, -0.2) is 33.4 Å². The van der Waals surface area contributed by atoms with Gasteiger partial charge in [-0.05, 0) is 26.0 Å². The third-order valence-electron chi connectivity index (χ3n) is 4.79. The van der Waals surface area contributed by atoms with E-state index in [2.05, 4.69) is 28.6 Å². The van der Waals surface area contributed by atoms with Crippen LogP contribution in [0.1, 0.15) is 27.7 Å². The molecule has 0 aliphatic carbocycles. The van der Waals surface area contributed by atoms with Crippen molar-refractivity contribution in [1.29, 1.82) is 0 Å². The lowest BCUT2D eigenvalue weighted by atomic mass is 10.0. The third-order valence-corrected chi connectivity index (χ3v) is 4.79. The van der Waals surface area contributed by atoms with Crippen LogP contribution in [-0.2, 0) is 0 Å². The molecule has 1 amide bonds. The van der Waals surface area contributed by atoms with Gasteiger partial charge in [0.2, 0.25) is 0 Å². The fourth-order valence-electron chi connectivity index (χ4n) is 3.45. The second-order valence-electron chi connectivity index (χ2n) is 6.69. The average molecular weight is 331 g/mol. The van der Waals surface area contributed by atoms with Gasteiger partial charge >= 0.3 is 0 Å². The van der Waals surface area contributed by atoms with Crippen molar-refractivity contribution in [2.75, 3.05) is 13.1 Å². The number of carbonyl (C=O) groups is 1. The molecule has 2 aromatic carbocycles. The highest BCUT2D eigenvalue weighted by Crippen LogP contribution is 2.30. The van der Waals surface area contributed by atoms with Crippen molar-refractivity contribution in [3.63, 3.8) is 0 Å². The standard InChI is InChI=1S/C21H21N3O/c1-15-7-6-10-18(11-15)21(25)23-13-19(14-23)24-16(2)12-22-20(24)17-8-4-3-5-9-17/h3-12,19H,13-14H2,1-2H3. The van der Waals surface area contributed by atoms with Crippen LogP contribution in [0.3, 0.4) is 0 Å². The van der Waals surface area contributed by atoms with Crippen molar-refractivity contribution in [3.8, 4) is 11.4 Å². The number of imidazole rings is 1. The largest absolute Gasteiger partial charge is 0.334 e. The number of hydrogen-bond acceptors (Lipinski definition) is 2. The Labute approximate surface area is 147 Å². The van der Waals surface area contributed by atoms with E-state index < -0.39 is 0 Å². The first kappa shape index (κ1) is 15.6. The van der Waals surface area contributed by atoms with Crippen LogP contribution in [0.25, 0.3) is 11.4 Å². The molecule has 1 aromatic heterocycles. The van der Waals surface area contributed by atoms with Crippen molar-refractivity contribution < 1.29 is 4.79 Å². The van der Waals surface area contributed by atoms with Gasteiger partial charge in [0, 0.05) is 36.1 Å². The van der Waals surface area contributed by atoms with Crippen molar-refractivity contribution in [2.24, 2.45) is 0 Å². The van der Waals surface area contributed by atoms with Crippen LogP contribution < -0.4 is 0 Å². The predicted octanol–water partition coefficient (Wildman–Crippen LogP) is 3.86. The normalized spacial score (nSPS) is 14.4. The minimum absolute atomic E-state index is 0.110. The molecule has 0 saturated carbocycles. The molecule has 1 saturated heterocycles. The van der Waals surface area contributed by atoms with E-state index >= 15 is 0 Å². The Kier molecular flexibility index (Phi) is 3.88. The molecule has 4 nitrogen and oxygen atoms in total. The van der Waals surface area contributed by atoms with E-state index in [1.807, 2.05) is 60.5 Å². The molecule has 0 bridgehead atoms. The Balaban J connectivity index is 1.53. The van der Waals surface area contributed by atoms with Crippen molar-refractivity contribution in [1.82, 2.24) is 14.5 Å². The molecule has 1 fully saturated rings. The van der Waals surface area contributed by atoms with Gasteiger partial charge in [0.1, 0.15) is 5.82 Å². The van der Waals surface area contributed by atoms with Gasteiger partial charge in [-0.15, -0.1) is 0 Å². The summed E-state index contributed by atoms with van der Waals surface area (Å²) in [6, 6.07) is 18.3. The number of rotatable bonds is 3. The highest BCUT2D eigenvalue weighted by Gasteiger charge is 2.34. The van der Waals surface area contributed by atoms with E-state index in [0.29, 0.717) is 0 Å². The number of benzene rings is 2. The lowest BCUT2D eigenvalue weighted by Gasteiger charge is -2.41. The number of aromatic nitrogens is 2. The zero-order valence-corrected chi connectivity index (χ0v) is 14.5. The average Bonchev–Trinajstić information content (AvgIpc) is 2.96. The predicted molar refractivity (Wildman–Crippen MR) is 98.5 cm³/mol. The summed E-state index contributed by atoms with van der Waals surface area (Å²) in [4.78, 5) is 19.1. The van der Waals surface area contributed by atoms with Gasteiger partial charge in [-0.3, -0.25) is 4.79 Å². The van der Waals surface area contributed by atoms with Crippen molar-refractivity contribution >= 4 is 5.91 Å². The lowest BCUT2D eigenvalue weighted by molar-refractivity contribution is 0.0520. The molecule has 1 aliphatic rings. The summed E-state index contributed by atoms with van der Waals surface area (Å²) in [5, 5.41) is 0. The number of carbonyl (C=O) groups excluding carboxylic acids is 1. The maximum Gasteiger partial charge on any atom is 0.254 e. The number of aryl methyl sites for hydroxylation is 2. The summed E-state index contributed by atoms with van der Waals surface area (Å²) in [5.41, 5.74) is 4.12. The van der Waals surface area contributed by atoms with Crippen LogP contribution >= 0.6 is 0 Å².